The van der Waals surface area contributed by atoms with E-state index in [1.54, 1.807) is 12.1 Å². The second kappa shape index (κ2) is 14.5. The van der Waals surface area contributed by atoms with Gasteiger partial charge in [-0.05, 0) is 150 Å². The molecule has 0 radical (unpaired) electrons. The van der Waals surface area contributed by atoms with Crippen molar-refractivity contribution < 1.29 is 8.78 Å². The molecule has 0 aliphatic rings. The largest absolute Gasteiger partial charge is 0.251 e. The third-order valence-corrected chi connectivity index (χ3v) is 7.97. The number of nitrogens with zero attached hydrogens (tertiary/aromatic N) is 6. The van der Waals surface area contributed by atoms with Crippen molar-refractivity contribution in [2.24, 2.45) is 20.0 Å². The van der Waals surface area contributed by atoms with Crippen LogP contribution in [0.25, 0.3) is 0 Å². The zero-order chi connectivity index (χ0) is 34.5. The summed E-state index contributed by atoms with van der Waals surface area (Å²) in [5, 5.41) is 0. The van der Waals surface area contributed by atoms with E-state index in [4.69, 9.17) is 20.0 Å². The maximum absolute atomic E-state index is 13.5. The molecular formula is C40H38F2N6. The van der Waals surface area contributed by atoms with E-state index in [0.717, 1.165) is 79.3 Å². The zero-order valence-electron chi connectivity index (χ0n) is 28.5. The van der Waals surface area contributed by atoms with Gasteiger partial charge in [0.1, 0.15) is 11.6 Å². The van der Waals surface area contributed by atoms with E-state index in [1.165, 1.54) is 24.3 Å². The van der Waals surface area contributed by atoms with Gasteiger partial charge in [-0.25, -0.2) is 18.7 Å². The second-order valence-electron chi connectivity index (χ2n) is 11.9. The van der Waals surface area contributed by atoms with E-state index in [1.807, 2.05) is 104 Å². The van der Waals surface area contributed by atoms with E-state index in [0.29, 0.717) is 11.4 Å². The van der Waals surface area contributed by atoms with Crippen LogP contribution in [0.4, 0.5) is 31.5 Å². The van der Waals surface area contributed by atoms with E-state index in [-0.39, 0.29) is 11.6 Å². The summed E-state index contributed by atoms with van der Waals surface area (Å²) in [5.74, 6) is -0.564. The van der Waals surface area contributed by atoms with E-state index in [2.05, 4.69) is 9.98 Å². The normalized spacial score (nSPS) is 12.9. The first-order valence-electron chi connectivity index (χ1n) is 15.7. The number of halogens is 2. The summed E-state index contributed by atoms with van der Waals surface area (Å²) in [7, 11) is 0. The average Bonchev–Trinajstić information content (AvgIpc) is 3.06. The Balaban J connectivity index is 1.38. The van der Waals surface area contributed by atoms with E-state index < -0.39 is 0 Å². The first-order chi connectivity index (χ1) is 22.9. The van der Waals surface area contributed by atoms with E-state index >= 15 is 0 Å². The third kappa shape index (κ3) is 8.07. The molecule has 0 fully saturated rings. The van der Waals surface area contributed by atoms with Crippen LogP contribution in [-0.2, 0) is 0 Å². The summed E-state index contributed by atoms with van der Waals surface area (Å²) in [6, 6.07) is 24.7. The number of hydrogen-bond donors (Lipinski definition) is 0. The van der Waals surface area contributed by atoms with Crippen molar-refractivity contribution in [3.8, 4) is 0 Å². The van der Waals surface area contributed by atoms with Crippen molar-refractivity contribution in [2.75, 3.05) is 0 Å². The van der Waals surface area contributed by atoms with E-state index in [9.17, 15) is 8.78 Å². The quantitative estimate of drug-likeness (QED) is 0.158. The summed E-state index contributed by atoms with van der Waals surface area (Å²) in [5.41, 5.74) is 12.5. The third-order valence-electron chi connectivity index (χ3n) is 7.97. The van der Waals surface area contributed by atoms with Crippen LogP contribution < -0.4 is 0 Å². The molecule has 0 saturated heterocycles. The fourth-order valence-electron chi connectivity index (χ4n) is 5.14. The molecule has 0 bridgehead atoms. The first kappa shape index (κ1) is 33.9. The molecule has 6 nitrogen and oxygen atoms in total. The molecule has 5 aromatic rings. The minimum Gasteiger partial charge on any atom is -0.251 e. The molecule has 8 heteroatoms. The van der Waals surface area contributed by atoms with Gasteiger partial charge in [0.2, 0.25) is 0 Å². The number of pyridine rings is 2. The van der Waals surface area contributed by atoms with Gasteiger partial charge in [0.15, 0.2) is 0 Å². The van der Waals surface area contributed by atoms with Gasteiger partial charge in [-0.3, -0.25) is 20.0 Å². The smallest absolute Gasteiger partial charge is 0.123 e. The highest BCUT2D eigenvalue weighted by Crippen LogP contribution is 2.30. The lowest BCUT2D eigenvalue weighted by atomic mass is 10.1. The number of aliphatic imine (C=N–C) groups is 4. The fourth-order valence-corrected chi connectivity index (χ4v) is 5.14. The molecule has 0 N–H and O–H groups in total. The van der Waals surface area contributed by atoms with Crippen molar-refractivity contribution in [1.82, 2.24) is 9.97 Å². The zero-order valence-corrected chi connectivity index (χ0v) is 28.5. The first-order valence-corrected chi connectivity index (χ1v) is 15.7. The molecule has 242 valence electrons. The fraction of sp³-hybridized carbons (Fsp3) is 0.200. The van der Waals surface area contributed by atoms with Gasteiger partial charge in [-0.15, -0.1) is 0 Å². The highest BCUT2D eigenvalue weighted by Gasteiger charge is 2.11. The molecular weight excluding hydrogens is 602 g/mol. The lowest BCUT2D eigenvalue weighted by Gasteiger charge is -2.10. The Morgan fingerprint density at radius 3 is 1.02 bits per heavy atom. The van der Waals surface area contributed by atoms with Crippen LogP contribution in [0.5, 0.6) is 0 Å². The number of aryl methyl sites for hydroxylation is 4. The Morgan fingerprint density at radius 2 is 0.708 bits per heavy atom. The standard InChI is InChI=1S/C40H38F2N6/c1-23-19-31(41)15-17-33(23)43-27(5)35-11-9-13-37(47-35)29(7)45-39-21-26(4)40(22-25(39)3)46-30(8)38-14-10-12-36(48-38)28(6)44-34-18-16-32(42)20-24(34)2/h9-22H,1-8H3/b43-27+,44-28+,45-29+,46-30+. The van der Waals surface area contributed by atoms with Crippen molar-refractivity contribution >= 4 is 45.6 Å². The van der Waals surface area contributed by atoms with Crippen LogP contribution in [0.1, 0.15) is 72.7 Å². The molecule has 0 amide bonds. The maximum Gasteiger partial charge on any atom is 0.123 e. The Labute approximate surface area is 280 Å². The minimum atomic E-state index is -0.282. The Hall–Kier alpha value is -5.50. The highest BCUT2D eigenvalue weighted by molar-refractivity contribution is 6.03. The topological polar surface area (TPSA) is 75.2 Å². The lowest BCUT2D eigenvalue weighted by Crippen LogP contribution is -2.05. The number of aromatic nitrogens is 2. The van der Waals surface area contributed by atoms with Crippen LogP contribution in [0.15, 0.2) is 105 Å². The van der Waals surface area contributed by atoms with Gasteiger partial charge in [-0.1, -0.05) is 12.1 Å². The summed E-state index contributed by atoms with van der Waals surface area (Å²) < 4.78 is 27.1. The second-order valence-corrected chi connectivity index (χ2v) is 11.9. The van der Waals surface area contributed by atoms with Gasteiger partial charge in [0.05, 0.1) is 68.4 Å². The van der Waals surface area contributed by atoms with Crippen LogP contribution in [0.2, 0.25) is 0 Å². The Kier molecular flexibility index (Phi) is 10.2. The molecule has 0 aliphatic heterocycles. The summed E-state index contributed by atoms with van der Waals surface area (Å²) >= 11 is 0. The van der Waals surface area contributed by atoms with Gasteiger partial charge in [-0.2, -0.15) is 0 Å². The Bertz CT molecular complexity index is 1990. The highest BCUT2D eigenvalue weighted by atomic mass is 19.1. The Morgan fingerprint density at radius 1 is 0.417 bits per heavy atom. The molecule has 0 unspecified atom stereocenters. The molecule has 0 aliphatic carbocycles. The lowest BCUT2D eigenvalue weighted by molar-refractivity contribution is 0.626. The number of rotatable bonds is 8. The molecule has 2 aromatic heterocycles. The minimum absolute atomic E-state index is 0.282. The van der Waals surface area contributed by atoms with Crippen LogP contribution in [0, 0.1) is 39.3 Å². The SMILES string of the molecule is C/C(=N\c1ccc(F)cc1C)c1cccc(/C(C)=N/c2cc(C)c(/N=C(\C)c3cccc(/C(C)=N/c4ccc(F)cc4C)n3)cc2C)n1. The number of benzene rings is 3. The van der Waals surface area contributed by atoms with Crippen molar-refractivity contribution in [1.29, 1.82) is 0 Å². The molecule has 0 spiro atoms. The monoisotopic (exact) mass is 640 g/mol. The molecule has 48 heavy (non-hydrogen) atoms. The van der Waals surface area contributed by atoms with Gasteiger partial charge in [0.25, 0.3) is 0 Å². The average molecular weight is 641 g/mol. The van der Waals surface area contributed by atoms with Gasteiger partial charge >= 0.3 is 0 Å². The van der Waals surface area contributed by atoms with Crippen molar-refractivity contribution in [2.45, 2.75) is 55.4 Å². The summed E-state index contributed by atoms with van der Waals surface area (Å²) in [6.45, 7) is 15.4. The van der Waals surface area contributed by atoms with Gasteiger partial charge < -0.3 is 0 Å². The van der Waals surface area contributed by atoms with Crippen molar-refractivity contribution in [3.05, 3.63) is 142 Å². The van der Waals surface area contributed by atoms with Crippen LogP contribution in [-0.4, -0.2) is 32.8 Å². The molecule has 2 heterocycles. The number of hydrogen-bond acceptors (Lipinski definition) is 6. The van der Waals surface area contributed by atoms with Gasteiger partial charge in [0, 0.05) is 0 Å². The summed E-state index contributed by atoms with van der Waals surface area (Å²) in [4.78, 5) is 28.9. The van der Waals surface area contributed by atoms with Crippen LogP contribution in [0.3, 0.4) is 0 Å². The molecule has 0 atom stereocenters. The predicted octanol–water partition coefficient (Wildman–Crippen LogP) is 10.6. The maximum atomic E-state index is 13.5. The molecule has 0 saturated carbocycles. The van der Waals surface area contributed by atoms with Crippen LogP contribution >= 0.6 is 0 Å². The molecule has 5 rings (SSSR count). The predicted molar refractivity (Wildman–Crippen MR) is 194 cm³/mol. The van der Waals surface area contributed by atoms with Crippen molar-refractivity contribution in [3.63, 3.8) is 0 Å². The molecule has 3 aromatic carbocycles. The summed E-state index contributed by atoms with van der Waals surface area (Å²) in [6.07, 6.45) is 0.